The highest BCUT2D eigenvalue weighted by Crippen LogP contribution is 2.29. The minimum Gasteiger partial charge on any atom is -0.394 e. The Bertz CT molecular complexity index is 561. The fourth-order valence-electron chi connectivity index (χ4n) is 4.17. The Labute approximate surface area is 200 Å². The molecule has 0 aromatic rings. The Morgan fingerprint density at radius 2 is 1.21 bits per heavy atom. The standard InChI is InChI=1S/C23H42O11/c1-2-3-4-5-6-7-8-9-10-11-31-22-20(30)18(28)21(15(13-25)33-22)34-23-19(29)17(27)16(26)14(12-24)32-23/h2,14-30H,1,3-13H2/t14?,15?,16-,17+,18-,19?,20?,21-,22-,23-/m1/s1. The van der Waals surface area contributed by atoms with Crippen LogP contribution in [0, 0.1) is 0 Å². The minimum atomic E-state index is -1.70. The van der Waals surface area contributed by atoms with Crippen LogP contribution in [-0.4, -0.2) is 117 Å². The molecule has 0 radical (unpaired) electrons. The number of aliphatic hydroxyl groups is 7. The first-order valence-corrected chi connectivity index (χ1v) is 12.2. The summed E-state index contributed by atoms with van der Waals surface area (Å²) in [6.45, 7) is 2.79. The van der Waals surface area contributed by atoms with Gasteiger partial charge in [-0.3, -0.25) is 0 Å². The van der Waals surface area contributed by atoms with Crippen LogP contribution in [0.2, 0.25) is 0 Å². The maximum atomic E-state index is 10.6. The average molecular weight is 495 g/mol. The molecule has 0 aromatic carbocycles. The number of unbranched alkanes of at least 4 members (excludes halogenated alkanes) is 7. The quantitative estimate of drug-likeness (QED) is 0.109. The zero-order chi connectivity index (χ0) is 25.1. The molecule has 11 nitrogen and oxygen atoms in total. The molecule has 2 saturated heterocycles. The van der Waals surface area contributed by atoms with Gasteiger partial charge in [-0.2, -0.15) is 0 Å². The molecule has 2 aliphatic rings. The van der Waals surface area contributed by atoms with Gasteiger partial charge in [-0.1, -0.05) is 38.2 Å². The monoisotopic (exact) mass is 494 g/mol. The maximum absolute atomic E-state index is 10.6. The summed E-state index contributed by atoms with van der Waals surface area (Å²) in [4.78, 5) is 0. The number of allylic oxidation sites excluding steroid dienone is 1. The van der Waals surface area contributed by atoms with Gasteiger partial charge in [0.15, 0.2) is 12.6 Å². The van der Waals surface area contributed by atoms with Crippen molar-refractivity contribution >= 4 is 0 Å². The van der Waals surface area contributed by atoms with Crippen LogP contribution in [0.15, 0.2) is 12.7 Å². The lowest BCUT2D eigenvalue weighted by Crippen LogP contribution is -2.64. The number of ether oxygens (including phenoxy) is 4. The summed E-state index contributed by atoms with van der Waals surface area (Å²) in [5.74, 6) is 0. The SMILES string of the molecule is C=CCCCCCCCCCO[C@@H]1OC(CO)[C@@H](O[C@H]2OC(CO)[C@@H](O)[C@H](O)C2O)[C@H](O)C1O. The molecule has 2 heterocycles. The van der Waals surface area contributed by atoms with Gasteiger partial charge in [-0.05, 0) is 19.3 Å². The predicted octanol–water partition coefficient (Wildman–Crippen LogP) is -1.07. The topological polar surface area (TPSA) is 179 Å². The van der Waals surface area contributed by atoms with Gasteiger partial charge >= 0.3 is 0 Å². The van der Waals surface area contributed by atoms with Crippen molar-refractivity contribution in [1.29, 1.82) is 0 Å². The van der Waals surface area contributed by atoms with E-state index in [9.17, 15) is 35.7 Å². The minimum absolute atomic E-state index is 0.307. The van der Waals surface area contributed by atoms with Crippen LogP contribution in [0.3, 0.4) is 0 Å². The first-order valence-electron chi connectivity index (χ1n) is 12.2. The molecule has 200 valence electrons. The summed E-state index contributed by atoms with van der Waals surface area (Å²) in [5.41, 5.74) is 0. The zero-order valence-corrected chi connectivity index (χ0v) is 19.6. The van der Waals surface area contributed by atoms with Crippen LogP contribution in [0.5, 0.6) is 0 Å². The lowest BCUT2D eigenvalue weighted by atomic mass is 9.97. The summed E-state index contributed by atoms with van der Waals surface area (Å²) in [7, 11) is 0. The number of aliphatic hydroxyl groups excluding tert-OH is 7. The van der Waals surface area contributed by atoms with Gasteiger partial charge in [-0.25, -0.2) is 0 Å². The summed E-state index contributed by atoms with van der Waals surface area (Å²) in [6, 6.07) is 0. The first kappa shape index (κ1) is 29.5. The summed E-state index contributed by atoms with van der Waals surface area (Å²) < 4.78 is 22.0. The van der Waals surface area contributed by atoms with E-state index in [1.54, 1.807) is 0 Å². The van der Waals surface area contributed by atoms with Crippen molar-refractivity contribution in [1.82, 2.24) is 0 Å². The Hall–Kier alpha value is -0.700. The molecular formula is C23H42O11. The second kappa shape index (κ2) is 15.4. The smallest absolute Gasteiger partial charge is 0.187 e. The van der Waals surface area contributed by atoms with Crippen LogP contribution < -0.4 is 0 Å². The Morgan fingerprint density at radius 3 is 1.82 bits per heavy atom. The number of hydrogen-bond acceptors (Lipinski definition) is 11. The fourth-order valence-corrected chi connectivity index (χ4v) is 4.17. The van der Waals surface area contributed by atoms with Crippen molar-refractivity contribution in [3.8, 4) is 0 Å². The molecule has 2 fully saturated rings. The molecule has 0 saturated carbocycles. The van der Waals surface area contributed by atoms with E-state index in [4.69, 9.17) is 18.9 Å². The highest BCUT2D eigenvalue weighted by atomic mass is 16.7. The molecule has 0 aromatic heterocycles. The molecule has 7 N–H and O–H groups in total. The molecule has 0 bridgehead atoms. The van der Waals surface area contributed by atoms with Crippen molar-refractivity contribution in [2.75, 3.05) is 19.8 Å². The molecule has 11 heteroatoms. The maximum Gasteiger partial charge on any atom is 0.187 e. The molecular weight excluding hydrogens is 452 g/mol. The number of rotatable bonds is 15. The van der Waals surface area contributed by atoms with Gasteiger partial charge in [0.2, 0.25) is 0 Å². The van der Waals surface area contributed by atoms with E-state index in [0.29, 0.717) is 6.61 Å². The van der Waals surface area contributed by atoms with E-state index in [0.717, 1.165) is 32.1 Å². The van der Waals surface area contributed by atoms with Crippen molar-refractivity contribution in [2.45, 2.75) is 113 Å². The first-order chi connectivity index (χ1) is 16.3. The summed E-state index contributed by atoms with van der Waals surface area (Å²) >= 11 is 0. The van der Waals surface area contributed by atoms with E-state index in [1.807, 2.05) is 6.08 Å². The summed E-state index contributed by atoms with van der Waals surface area (Å²) in [6.07, 6.45) is -3.93. The van der Waals surface area contributed by atoms with Crippen LogP contribution >= 0.6 is 0 Å². The van der Waals surface area contributed by atoms with Gasteiger partial charge in [-0.15, -0.1) is 6.58 Å². The third-order valence-corrected chi connectivity index (χ3v) is 6.30. The van der Waals surface area contributed by atoms with Gasteiger partial charge in [0.1, 0.15) is 48.8 Å². The number of hydrogen-bond donors (Lipinski definition) is 7. The molecule has 0 spiro atoms. The normalized spacial score (nSPS) is 38.7. The van der Waals surface area contributed by atoms with Crippen LogP contribution in [0.4, 0.5) is 0 Å². The third kappa shape index (κ3) is 8.17. The van der Waals surface area contributed by atoms with Crippen molar-refractivity contribution in [2.24, 2.45) is 0 Å². The molecule has 2 aliphatic heterocycles. The molecule has 0 amide bonds. The fraction of sp³-hybridized carbons (Fsp3) is 0.913. The predicted molar refractivity (Wildman–Crippen MR) is 119 cm³/mol. The summed E-state index contributed by atoms with van der Waals surface area (Å²) in [5, 5.41) is 70.0. The molecule has 4 unspecified atom stereocenters. The average Bonchev–Trinajstić information content (AvgIpc) is 2.84. The highest BCUT2D eigenvalue weighted by molar-refractivity contribution is 4.94. The molecule has 10 atom stereocenters. The molecule has 2 rings (SSSR count). The van der Waals surface area contributed by atoms with E-state index >= 15 is 0 Å². The van der Waals surface area contributed by atoms with E-state index < -0.39 is 74.6 Å². The molecule has 0 aliphatic carbocycles. The second-order valence-corrected chi connectivity index (χ2v) is 8.93. The van der Waals surface area contributed by atoms with Gasteiger partial charge < -0.3 is 54.7 Å². The van der Waals surface area contributed by atoms with E-state index in [1.165, 1.54) is 19.3 Å². The third-order valence-electron chi connectivity index (χ3n) is 6.30. The van der Waals surface area contributed by atoms with Crippen LogP contribution in [0.1, 0.15) is 51.4 Å². The highest BCUT2D eigenvalue weighted by Gasteiger charge is 2.50. The molecule has 34 heavy (non-hydrogen) atoms. The van der Waals surface area contributed by atoms with Crippen LogP contribution in [0.25, 0.3) is 0 Å². The lowest BCUT2D eigenvalue weighted by molar-refractivity contribution is -0.359. The Morgan fingerprint density at radius 1 is 0.647 bits per heavy atom. The van der Waals surface area contributed by atoms with E-state index in [-0.39, 0.29) is 0 Å². The Kier molecular flexibility index (Phi) is 13.4. The Balaban J connectivity index is 1.78. The largest absolute Gasteiger partial charge is 0.394 e. The van der Waals surface area contributed by atoms with Crippen molar-refractivity contribution in [3.63, 3.8) is 0 Å². The van der Waals surface area contributed by atoms with Gasteiger partial charge in [0, 0.05) is 6.61 Å². The van der Waals surface area contributed by atoms with E-state index in [2.05, 4.69) is 6.58 Å². The van der Waals surface area contributed by atoms with Gasteiger partial charge in [0.25, 0.3) is 0 Å². The van der Waals surface area contributed by atoms with Crippen LogP contribution in [-0.2, 0) is 18.9 Å². The van der Waals surface area contributed by atoms with Gasteiger partial charge in [0.05, 0.1) is 13.2 Å². The second-order valence-electron chi connectivity index (χ2n) is 8.93. The zero-order valence-electron chi connectivity index (χ0n) is 19.6. The van der Waals surface area contributed by atoms with Crippen molar-refractivity contribution < 1.29 is 54.7 Å². The lowest BCUT2D eigenvalue weighted by Gasteiger charge is -2.45. The van der Waals surface area contributed by atoms with Crippen molar-refractivity contribution in [3.05, 3.63) is 12.7 Å².